The van der Waals surface area contributed by atoms with Gasteiger partial charge in [0.25, 0.3) is 0 Å². The predicted octanol–water partition coefficient (Wildman–Crippen LogP) is 3.78. The quantitative estimate of drug-likeness (QED) is 0.783. The van der Waals surface area contributed by atoms with E-state index < -0.39 is 23.8 Å². The summed E-state index contributed by atoms with van der Waals surface area (Å²) in [4.78, 5) is 11.7. The summed E-state index contributed by atoms with van der Waals surface area (Å²) in [6, 6.07) is 14.3. The molecule has 140 valence electrons. The number of nitrogens with one attached hydrogen (secondary N) is 1. The monoisotopic (exact) mass is 367 g/mol. The normalized spacial score (nSPS) is 12.5. The van der Waals surface area contributed by atoms with Gasteiger partial charge in [-0.2, -0.15) is 13.2 Å². The van der Waals surface area contributed by atoms with Crippen molar-refractivity contribution in [2.45, 2.75) is 19.2 Å². The summed E-state index contributed by atoms with van der Waals surface area (Å²) in [7, 11) is 0. The first kappa shape index (κ1) is 19.8. The maximum atomic E-state index is 13.0. The third kappa shape index (κ3) is 6.07. The van der Waals surface area contributed by atoms with Crippen LogP contribution in [-0.4, -0.2) is 24.4 Å². The smallest absolute Gasteiger partial charge is 0.416 e. The SMILES string of the molecule is O=C(NCC(CO)Cc1ccccc1C(F)(F)F)OCc1ccccc1. The van der Waals surface area contributed by atoms with Crippen molar-refractivity contribution in [2.24, 2.45) is 5.92 Å². The average molecular weight is 367 g/mol. The highest BCUT2D eigenvalue weighted by atomic mass is 19.4. The van der Waals surface area contributed by atoms with Gasteiger partial charge < -0.3 is 15.2 Å². The molecular weight excluding hydrogens is 347 g/mol. The van der Waals surface area contributed by atoms with Crippen molar-refractivity contribution in [1.29, 1.82) is 0 Å². The molecule has 1 amide bonds. The Morgan fingerprint density at radius 3 is 2.38 bits per heavy atom. The van der Waals surface area contributed by atoms with Crippen molar-refractivity contribution in [3.05, 3.63) is 71.3 Å². The number of aliphatic hydroxyl groups is 1. The van der Waals surface area contributed by atoms with Crippen molar-refractivity contribution in [2.75, 3.05) is 13.2 Å². The number of carbonyl (C=O) groups excluding carboxylic acids is 1. The molecule has 2 aromatic carbocycles. The van der Waals surface area contributed by atoms with Crippen molar-refractivity contribution in [3.8, 4) is 0 Å². The largest absolute Gasteiger partial charge is 0.445 e. The number of carbonyl (C=O) groups is 1. The van der Waals surface area contributed by atoms with Gasteiger partial charge in [0.2, 0.25) is 0 Å². The van der Waals surface area contributed by atoms with Crippen LogP contribution in [0, 0.1) is 5.92 Å². The van der Waals surface area contributed by atoms with Crippen molar-refractivity contribution in [1.82, 2.24) is 5.32 Å². The van der Waals surface area contributed by atoms with Crippen LogP contribution in [-0.2, 0) is 23.9 Å². The number of aliphatic hydroxyl groups excluding tert-OH is 1. The highest BCUT2D eigenvalue weighted by Crippen LogP contribution is 2.32. The van der Waals surface area contributed by atoms with Gasteiger partial charge in [-0.1, -0.05) is 48.5 Å². The molecule has 2 aromatic rings. The van der Waals surface area contributed by atoms with Crippen LogP contribution < -0.4 is 5.32 Å². The van der Waals surface area contributed by atoms with Crippen LogP contribution in [0.15, 0.2) is 54.6 Å². The van der Waals surface area contributed by atoms with Crippen LogP contribution in [0.5, 0.6) is 0 Å². The molecule has 0 saturated heterocycles. The Labute approximate surface area is 149 Å². The van der Waals surface area contributed by atoms with Gasteiger partial charge in [-0.15, -0.1) is 0 Å². The number of amides is 1. The fourth-order valence-electron chi connectivity index (χ4n) is 2.49. The second-order valence-electron chi connectivity index (χ2n) is 5.85. The van der Waals surface area contributed by atoms with E-state index in [2.05, 4.69) is 5.32 Å². The summed E-state index contributed by atoms with van der Waals surface area (Å²) in [6.45, 7) is -0.255. The van der Waals surface area contributed by atoms with Crippen LogP contribution >= 0.6 is 0 Å². The molecule has 0 radical (unpaired) electrons. The molecule has 0 aliphatic heterocycles. The Morgan fingerprint density at radius 1 is 1.08 bits per heavy atom. The first-order chi connectivity index (χ1) is 12.4. The van der Waals surface area contributed by atoms with Crippen molar-refractivity contribution in [3.63, 3.8) is 0 Å². The number of benzene rings is 2. The average Bonchev–Trinajstić information content (AvgIpc) is 2.63. The molecule has 0 saturated carbocycles. The van der Waals surface area contributed by atoms with Gasteiger partial charge in [0, 0.05) is 19.1 Å². The Kier molecular flexibility index (Phi) is 7.03. The van der Waals surface area contributed by atoms with E-state index >= 15 is 0 Å². The van der Waals surface area contributed by atoms with Gasteiger partial charge in [-0.3, -0.25) is 0 Å². The lowest BCUT2D eigenvalue weighted by Crippen LogP contribution is -2.32. The minimum Gasteiger partial charge on any atom is -0.445 e. The van der Waals surface area contributed by atoms with E-state index in [1.165, 1.54) is 18.2 Å². The number of hydrogen-bond acceptors (Lipinski definition) is 3. The van der Waals surface area contributed by atoms with Crippen molar-refractivity contribution < 1.29 is 27.8 Å². The molecule has 0 spiro atoms. The van der Waals surface area contributed by atoms with Crippen LogP contribution in [0.1, 0.15) is 16.7 Å². The second-order valence-corrected chi connectivity index (χ2v) is 5.85. The Bertz CT molecular complexity index is 705. The maximum Gasteiger partial charge on any atom is 0.416 e. The number of alkyl halides is 3. The number of rotatable bonds is 7. The molecule has 2 N–H and O–H groups in total. The molecule has 0 bridgehead atoms. The zero-order valence-electron chi connectivity index (χ0n) is 14.0. The topological polar surface area (TPSA) is 58.6 Å². The molecule has 7 heteroatoms. The van der Waals surface area contributed by atoms with Gasteiger partial charge in [0.1, 0.15) is 6.61 Å². The fourth-order valence-corrected chi connectivity index (χ4v) is 2.49. The van der Waals surface area contributed by atoms with E-state index in [-0.39, 0.29) is 31.7 Å². The molecule has 0 aromatic heterocycles. The fraction of sp³-hybridized carbons (Fsp3) is 0.316. The zero-order valence-corrected chi connectivity index (χ0v) is 14.0. The summed E-state index contributed by atoms with van der Waals surface area (Å²) in [5.74, 6) is -0.553. The standard InChI is InChI=1S/C19H20F3NO3/c20-19(21,22)17-9-5-4-8-16(17)10-15(12-24)11-23-18(25)26-13-14-6-2-1-3-7-14/h1-9,15,24H,10-13H2,(H,23,25). The molecule has 0 aliphatic rings. The lowest BCUT2D eigenvalue weighted by molar-refractivity contribution is -0.138. The lowest BCUT2D eigenvalue weighted by Gasteiger charge is -2.18. The molecule has 0 aliphatic carbocycles. The van der Waals surface area contributed by atoms with E-state index in [1.54, 1.807) is 12.1 Å². The van der Waals surface area contributed by atoms with E-state index in [1.807, 2.05) is 18.2 Å². The number of halogens is 3. The molecule has 26 heavy (non-hydrogen) atoms. The third-order valence-corrected chi connectivity index (χ3v) is 3.84. The molecule has 2 rings (SSSR count). The highest BCUT2D eigenvalue weighted by Gasteiger charge is 2.33. The summed E-state index contributed by atoms with van der Waals surface area (Å²) in [5.41, 5.74) is 0.170. The van der Waals surface area contributed by atoms with Crippen LogP contribution in [0.4, 0.5) is 18.0 Å². The van der Waals surface area contributed by atoms with Crippen LogP contribution in [0.2, 0.25) is 0 Å². The molecule has 0 heterocycles. The Balaban J connectivity index is 1.87. The molecule has 0 fully saturated rings. The van der Waals surface area contributed by atoms with Gasteiger partial charge in [-0.05, 0) is 23.6 Å². The Morgan fingerprint density at radius 2 is 1.73 bits per heavy atom. The van der Waals surface area contributed by atoms with E-state index in [0.29, 0.717) is 0 Å². The van der Waals surface area contributed by atoms with Gasteiger partial charge in [0.15, 0.2) is 0 Å². The Hall–Kier alpha value is -2.54. The third-order valence-electron chi connectivity index (χ3n) is 3.84. The predicted molar refractivity (Wildman–Crippen MR) is 90.4 cm³/mol. The minimum atomic E-state index is -4.46. The van der Waals surface area contributed by atoms with Gasteiger partial charge in [-0.25, -0.2) is 4.79 Å². The summed E-state index contributed by atoms with van der Waals surface area (Å²) < 4.78 is 44.1. The van der Waals surface area contributed by atoms with Crippen molar-refractivity contribution >= 4 is 6.09 Å². The number of hydrogen-bond donors (Lipinski definition) is 2. The highest BCUT2D eigenvalue weighted by molar-refractivity contribution is 5.67. The lowest BCUT2D eigenvalue weighted by atomic mass is 9.95. The molecule has 4 nitrogen and oxygen atoms in total. The maximum absolute atomic E-state index is 13.0. The molecule has 1 atom stereocenters. The first-order valence-corrected chi connectivity index (χ1v) is 8.10. The number of alkyl carbamates (subject to hydrolysis) is 1. The molecular formula is C19H20F3NO3. The summed E-state index contributed by atoms with van der Waals surface area (Å²) in [6.07, 6.45) is -5.15. The zero-order chi connectivity index (χ0) is 19.0. The van der Waals surface area contributed by atoms with E-state index in [4.69, 9.17) is 4.74 Å². The number of ether oxygens (including phenoxy) is 1. The minimum absolute atomic E-state index is 0.00878. The molecule has 1 unspecified atom stereocenters. The van der Waals surface area contributed by atoms with E-state index in [0.717, 1.165) is 11.6 Å². The first-order valence-electron chi connectivity index (χ1n) is 8.10. The van der Waals surface area contributed by atoms with E-state index in [9.17, 15) is 23.1 Å². The van der Waals surface area contributed by atoms with Crippen LogP contribution in [0.3, 0.4) is 0 Å². The van der Waals surface area contributed by atoms with Gasteiger partial charge >= 0.3 is 12.3 Å². The second kappa shape index (κ2) is 9.24. The van der Waals surface area contributed by atoms with Crippen LogP contribution in [0.25, 0.3) is 0 Å². The van der Waals surface area contributed by atoms with Gasteiger partial charge in [0.05, 0.1) is 5.56 Å². The summed E-state index contributed by atoms with van der Waals surface area (Å²) >= 11 is 0. The summed E-state index contributed by atoms with van der Waals surface area (Å²) in [5, 5.41) is 11.9.